The molecule has 1 aromatic rings. The number of hydrogen-bond acceptors (Lipinski definition) is 7. The summed E-state index contributed by atoms with van der Waals surface area (Å²) in [5.74, 6) is -3.80. The van der Waals surface area contributed by atoms with Crippen molar-refractivity contribution in [3.8, 4) is 0 Å². The predicted molar refractivity (Wildman–Crippen MR) is 130 cm³/mol. The summed E-state index contributed by atoms with van der Waals surface area (Å²) in [6, 6.07) is 5.77. The standard InChI is InChI=1S/C25H34N4O7/c1-14(2)22(28-20(31)12-29-21(32)10-16(5)24(29)34)23(33)26-11-19(30)27-18-8-6-17(7-9-18)13-36-25(35)15(3)4/h6-9,14-16,22H,10-13H2,1-5H3,(H,26,33)(H,27,30)(H,28,31). The molecule has 1 aromatic carbocycles. The Hall–Kier alpha value is -3.76. The van der Waals surface area contributed by atoms with E-state index in [1.54, 1.807) is 58.9 Å². The number of esters is 1. The Balaban J connectivity index is 1.82. The maximum Gasteiger partial charge on any atom is 0.308 e. The number of rotatable bonds is 11. The Bertz CT molecular complexity index is 1000. The molecular weight excluding hydrogens is 468 g/mol. The lowest BCUT2D eigenvalue weighted by molar-refractivity contribution is -0.148. The van der Waals surface area contributed by atoms with E-state index < -0.39 is 48.0 Å². The van der Waals surface area contributed by atoms with Crippen LogP contribution in [0.5, 0.6) is 0 Å². The van der Waals surface area contributed by atoms with Crippen LogP contribution in [0.3, 0.4) is 0 Å². The lowest BCUT2D eigenvalue weighted by atomic mass is 10.0. The molecule has 0 bridgehead atoms. The maximum absolute atomic E-state index is 12.6. The lowest BCUT2D eigenvalue weighted by Gasteiger charge is -2.23. The highest BCUT2D eigenvalue weighted by Crippen LogP contribution is 2.18. The van der Waals surface area contributed by atoms with Gasteiger partial charge < -0.3 is 20.7 Å². The molecular formula is C25H34N4O7. The van der Waals surface area contributed by atoms with Gasteiger partial charge >= 0.3 is 5.97 Å². The molecule has 11 heteroatoms. The van der Waals surface area contributed by atoms with E-state index >= 15 is 0 Å². The average Bonchev–Trinajstić information content (AvgIpc) is 3.05. The number of ether oxygens (including phenoxy) is 1. The number of nitrogens with zero attached hydrogens (tertiary/aromatic N) is 1. The summed E-state index contributed by atoms with van der Waals surface area (Å²) in [6.45, 7) is 7.90. The third-order valence-corrected chi connectivity index (χ3v) is 5.55. The van der Waals surface area contributed by atoms with Gasteiger partial charge in [0.15, 0.2) is 0 Å². The predicted octanol–water partition coefficient (Wildman–Crippen LogP) is 0.976. The number of hydrogen-bond donors (Lipinski definition) is 3. The SMILES string of the molecule is CC(C)C(=O)OCc1ccc(NC(=O)CNC(=O)C(NC(=O)CN2C(=O)CC(C)C2=O)C(C)C)cc1. The zero-order valence-corrected chi connectivity index (χ0v) is 21.3. The number of nitrogens with one attached hydrogen (secondary N) is 3. The van der Waals surface area contributed by atoms with Crippen LogP contribution in [0.15, 0.2) is 24.3 Å². The molecule has 36 heavy (non-hydrogen) atoms. The minimum absolute atomic E-state index is 0.0592. The number of imide groups is 1. The summed E-state index contributed by atoms with van der Waals surface area (Å²) in [5, 5.41) is 7.68. The molecule has 2 unspecified atom stereocenters. The third-order valence-electron chi connectivity index (χ3n) is 5.55. The fraction of sp³-hybridized carbons (Fsp3) is 0.520. The van der Waals surface area contributed by atoms with Gasteiger partial charge in [-0.05, 0) is 23.6 Å². The second-order valence-electron chi connectivity index (χ2n) is 9.44. The first-order valence-corrected chi connectivity index (χ1v) is 11.9. The van der Waals surface area contributed by atoms with Gasteiger partial charge in [0.1, 0.15) is 19.2 Å². The first-order valence-electron chi connectivity index (χ1n) is 11.9. The van der Waals surface area contributed by atoms with Gasteiger partial charge in [0.05, 0.1) is 12.5 Å². The summed E-state index contributed by atoms with van der Waals surface area (Å²) in [7, 11) is 0. The van der Waals surface area contributed by atoms with Gasteiger partial charge in [-0.3, -0.25) is 33.7 Å². The number of carbonyl (C=O) groups is 6. The quantitative estimate of drug-likeness (QED) is 0.301. The van der Waals surface area contributed by atoms with E-state index in [2.05, 4.69) is 16.0 Å². The second kappa shape index (κ2) is 12.8. The van der Waals surface area contributed by atoms with E-state index in [-0.39, 0.29) is 37.4 Å². The van der Waals surface area contributed by atoms with Crippen molar-refractivity contribution in [1.82, 2.24) is 15.5 Å². The minimum Gasteiger partial charge on any atom is -0.461 e. The second-order valence-corrected chi connectivity index (χ2v) is 9.44. The van der Waals surface area contributed by atoms with E-state index in [1.807, 2.05) is 0 Å². The maximum atomic E-state index is 12.6. The first-order chi connectivity index (χ1) is 16.9. The van der Waals surface area contributed by atoms with Crippen molar-refractivity contribution < 1.29 is 33.5 Å². The fourth-order valence-electron chi connectivity index (χ4n) is 3.40. The number of amides is 5. The van der Waals surface area contributed by atoms with Gasteiger partial charge in [-0.1, -0.05) is 46.8 Å². The zero-order valence-electron chi connectivity index (χ0n) is 21.3. The monoisotopic (exact) mass is 502 g/mol. The van der Waals surface area contributed by atoms with E-state index in [0.29, 0.717) is 5.69 Å². The average molecular weight is 503 g/mol. The normalized spacial score (nSPS) is 16.2. The molecule has 1 fully saturated rings. The highest BCUT2D eigenvalue weighted by Gasteiger charge is 2.37. The molecule has 1 saturated heterocycles. The van der Waals surface area contributed by atoms with Gasteiger partial charge in [-0.15, -0.1) is 0 Å². The molecule has 0 spiro atoms. The molecule has 1 heterocycles. The molecule has 1 aliphatic heterocycles. The molecule has 2 atom stereocenters. The molecule has 2 rings (SSSR count). The molecule has 5 amide bonds. The Morgan fingerprint density at radius 2 is 1.67 bits per heavy atom. The summed E-state index contributed by atoms with van der Waals surface area (Å²) in [6.07, 6.45) is 0.0592. The molecule has 0 aromatic heterocycles. The third kappa shape index (κ3) is 8.17. The molecule has 0 aliphatic carbocycles. The highest BCUT2D eigenvalue weighted by atomic mass is 16.5. The van der Waals surface area contributed by atoms with E-state index in [9.17, 15) is 28.8 Å². The van der Waals surface area contributed by atoms with Crippen LogP contribution in [-0.2, 0) is 40.1 Å². The van der Waals surface area contributed by atoms with Gasteiger partial charge in [0.25, 0.3) is 0 Å². The van der Waals surface area contributed by atoms with Crippen LogP contribution < -0.4 is 16.0 Å². The molecule has 11 nitrogen and oxygen atoms in total. The van der Waals surface area contributed by atoms with Crippen LogP contribution in [0.4, 0.5) is 5.69 Å². The Morgan fingerprint density at radius 1 is 1.03 bits per heavy atom. The number of likely N-dealkylation sites (tertiary alicyclic amines) is 1. The van der Waals surface area contributed by atoms with Crippen molar-refractivity contribution in [2.45, 2.75) is 53.7 Å². The van der Waals surface area contributed by atoms with Gasteiger partial charge in [0.2, 0.25) is 29.5 Å². The topological polar surface area (TPSA) is 151 Å². The van der Waals surface area contributed by atoms with Crippen molar-refractivity contribution in [3.63, 3.8) is 0 Å². The zero-order chi connectivity index (χ0) is 27.0. The minimum atomic E-state index is -0.955. The van der Waals surface area contributed by atoms with E-state index in [4.69, 9.17) is 4.74 Å². The van der Waals surface area contributed by atoms with Crippen molar-refractivity contribution in [2.24, 2.45) is 17.8 Å². The number of carbonyl (C=O) groups excluding carboxylic acids is 6. The molecule has 196 valence electrons. The smallest absolute Gasteiger partial charge is 0.308 e. The van der Waals surface area contributed by atoms with Crippen LogP contribution in [0, 0.1) is 17.8 Å². The largest absolute Gasteiger partial charge is 0.461 e. The Morgan fingerprint density at radius 3 is 2.19 bits per heavy atom. The van der Waals surface area contributed by atoms with E-state index in [1.165, 1.54) is 0 Å². The van der Waals surface area contributed by atoms with Crippen LogP contribution in [0.2, 0.25) is 0 Å². The van der Waals surface area contributed by atoms with Crippen LogP contribution in [0.1, 0.15) is 46.6 Å². The Labute approximate surface area is 210 Å². The first kappa shape index (κ1) is 28.5. The summed E-state index contributed by atoms with van der Waals surface area (Å²) < 4.78 is 5.16. The van der Waals surface area contributed by atoms with Crippen LogP contribution in [0.25, 0.3) is 0 Å². The van der Waals surface area contributed by atoms with Crippen molar-refractivity contribution >= 4 is 41.2 Å². The summed E-state index contributed by atoms with van der Waals surface area (Å²) in [4.78, 5) is 73.6. The van der Waals surface area contributed by atoms with Crippen molar-refractivity contribution in [1.29, 1.82) is 0 Å². The summed E-state index contributed by atoms with van der Waals surface area (Å²) in [5.41, 5.74) is 1.26. The molecule has 0 saturated carbocycles. The molecule has 3 N–H and O–H groups in total. The van der Waals surface area contributed by atoms with Crippen molar-refractivity contribution in [3.05, 3.63) is 29.8 Å². The molecule has 0 radical (unpaired) electrons. The van der Waals surface area contributed by atoms with Crippen LogP contribution in [-0.4, -0.2) is 59.5 Å². The Kier molecular flexibility index (Phi) is 10.1. The summed E-state index contributed by atoms with van der Waals surface area (Å²) >= 11 is 0. The highest BCUT2D eigenvalue weighted by molar-refractivity contribution is 6.06. The number of benzene rings is 1. The van der Waals surface area contributed by atoms with Gasteiger partial charge in [-0.25, -0.2) is 0 Å². The van der Waals surface area contributed by atoms with Gasteiger partial charge in [-0.2, -0.15) is 0 Å². The number of anilines is 1. The lowest BCUT2D eigenvalue weighted by Crippen LogP contribution is -2.53. The molecule has 1 aliphatic rings. The van der Waals surface area contributed by atoms with E-state index in [0.717, 1.165) is 10.5 Å². The fourth-order valence-corrected chi connectivity index (χ4v) is 3.40. The van der Waals surface area contributed by atoms with Crippen LogP contribution >= 0.6 is 0 Å². The van der Waals surface area contributed by atoms with Crippen molar-refractivity contribution in [2.75, 3.05) is 18.4 Å². The van der Waals surface area contributed by atoms with Gasteiger partial charge in [0, 0.05) is 18.0 Å².